The van der Waals surface area contributed by atoms with Crippen molar-refractivity contribution in [2.75, 3.05) is 38.5 Å². The van der Waals surface area contributed by atoms with Crippen molar-refractivity contribution in [1.82, 2.24) is 9.62 Å². The Morgan fingerprint density at radius 3 is 2.78 bits per heavy atom. The van der Waals surface area contributed by atoms with Gasteiger partial charge in [-0.1, -0.05) is 0 Å². The summed E-state index contributed by atoms with van der Waals surface area (Å²) in [6.07, 6.45) is 3.70. The minimum Gasteiger partial charge on any atom is -0.396 e. The molecule has 0 saturated carbocycles. The van der Waals surface area contributed by atoms with Gasteiger partial charge in [0.25, 0.3) is 0 Å². The summed E-state index contributed by atoms with van der Waals surface area (Å²) in [4.78, 5) is 0. The lowest BCUT2D eigenvalue weighted by Crippen LogP contribution is -2.39. The highest BCUT2D eigenvalue weighted by Gasteiger charge is 2.32. The van der Waals surface area contributed by atoms with Crippen molar-refractivity contribution in [3.05, 3.63) is 0 Å². The topological polar surface area (TPSA) is 69.6 Å². The Morgan fingerprint density at radius 2 is 2.11 bits per heavy atom. The van der Waals surface area contributed by atoms with Gasteiger partial charge in [0.1, 0.15) is 0 Å². The summed E-state index contributed by atoms with van der Waals surface area (Å²) in [5, 5.41) is 12.2. The Kier molecular flexibility index (Phi) is 5.00. The van der Waals surface area contributed by atoms with Crippen molar-refractivity contribution in [3.8, 4) is 0 Å². The molecular weight excluding hydrogens is 252 g/mol. The predicted octanol–water partition coefficient (Wildman–Crippen LogP) is 0.0201. The molecule has 0 bridgehead atoms. The van der Waals surface area contributed by atoms with E-state index in [1.54, 1.807) is 4.31 Å². The van der Waals surface area contributed by atoms with Gasteiger partial charge in [0, 0.05) is 19.7 Å². The molecule has 2 aliphatic rings. The zero-order valence-corrected chi connectivity index (χ0v) is 11.7. The van der Waals surface area contributed by atoms with Gasteiger partial charge >= 0.3 is 0 Å². The van der Waals surface area contributed by atoms with Crippen LogP contribution in [0.3, 0.4) is 0 Å². The maximum atomic E-state index is 12.3. The molecule has 5 nitrogen and oxygen atoms in total. The first kappa shape index (κ1) is 14.2. The highest BCUT2D eigenvalue weighted by Crippen LogP contribution is 2.24. The van der Waals surface area contributed by atoms with Crippen LogP contribution < -0.4 is 5.32 Å². The van der Waals surface area contributed by atoms with Crippen LogP contribution in [0.5, 0.6) is 0 Å². The van der Waals surface area contributed by atoms with Crippen molar-refractivity contribution in [2.45, 2.75) is 25.7 Å². The molecule has 2 aliphatic heterocycles. The standard InChI is InChI=1S/C12H24N2O3S/c15-7-4-11-3-6-14(9-11)18(16,17)10-12-2-1-5-13-8-12/h11-13,15H,1-10H2. The highest BCUT2D eigenvalue weighted by molar-refractivity contribution is 7.89. The molecule has 106 valence electrons. The maximum absolute atomic E-state index is 12.3. The van der Waals surface area contributed by atoms with Crippen molar-refractivity contribution < 1.29 is 13.5 Å². The number of nitrogens with zero attached hydrogens (tertiary/aromatic N) is 1. The fourth-order valence-electron chi connectivity index (χ4n) is 2.94. The molecule has 2 heterocycles. The van der Waals surface area contributed by atoms with Crippen molar-refractivity contribution in [1.29, 1.82) is 0 Å². The third kappa shape index (κ3) is 3.66. The lowest BCUT2D eigenvalue weighted by molar-refractivity contribution is 0.259. The van der Waals surface area contributed by atoms with Gasteiger partial charge in [-0.2, -0.15) is 0 Å². The number of piperidine rings is 1. The molecule has 0 aromatic rings. The van der Waals surface area contributed by atoms with E-state index in [4.69, 9.17) is 5.11 Å². The molecule has 2 saturated heterocycles. The molecule has 0 aromatic heterocycles. The summed E-state index contributed by atoms with van der Waals surface area (Å²) in [6, 6.07) is 0. The lowest BCUT2D eigenvalue weighted by atomic mass is 10.0. The van der Waals surface area contributed by atoms with Crippen molar-refractivity contribution >= 4 is 10.0 Å². The van der Waals surface area contributed by atoms with Gasteiger partial charge in [-0.3, -0.25) is 0 Å². The number of aliphatic hydroxyl groups excluding tert-OH is 1. The van der Waals surface area contributed by atoms with Gasteiger partial charge in [-0.25, -0.2) is 12.7 Å². The first-order valence-electron chi connectivity index (χ1n) is 6.91. The Balaban J connectivity index is 1.86. The zero-order chi connectivity index (χ0) is 13.0. The molecule has 0 spiro atoms. The van der Waals surface area contributed by atoms with Crippen LogP contribution in [0.15, 0.2) is 0 Å². The van der Waals surface area contributed by atoms with E-state index in [1.165, 1.54) is 0 Å². The summed E-state index contributed by atoms with van der Waals surface area (Å²) in [7, 11) is -3.10. The average Bonchev–Trinajstić information content (AvgIpc) is 2.80. The first-order chi connectivity index (χ1) is 8.62. The predicted molar refractivity (Wildman–Crippen MR) is 70.8 cm³/mol. The Labute approximate surface area is 110 Å². The third-order valence-electron chi connectivity index (χ3n) is 4.02. The first-order valence-corrected chi connectivity index (χ1v) is 8.52. The summed E-state index contributed by atoms with van der Waals surface area (Å²) in [6.45, 7) is 3.23. The Hall–Kier alpha value is -0.170. The van der Waals surface area contributed by atoms with Crippen LogP contribution in [0, 0.1) is 11.8 Å². The smallest absolute Gasteiger partial charge is 0.214 e. The second-order valence-corrected chi connectivity index (χ2v) is 7.53. The molecule has 0 aliphatic carbocycles. The van der Waals surface area contributed by atoms with Crippen molar-refractivity contribution in [3.63, 3.8) is 0 Å². The van der Waals surface area contributed by atoms with Crippen molar-refractivity contribution in [2.24, 2.45) is 11.8 Å². The summed E-state index contributed by atoms with van der Waals surface area (Å²) in [5.74, 6) is 0.890. The van der Waals surface area contributed by atoms with Gasteiger partial charge in [-0.15, -0.1) is 0 Å². The monoisotopic (exact) mass is 276 g/mol. The number of rotatable bonds is 5. The number of sulfonamides is 1. The third-order valence-corrected chi connectivity index (χ3v) is 6.04. The molecule has 2 N–H and O–H groups in total. The molecule has 0 radical (unpaired) electrons. The van der Waals surface area contributed by atoms with Crippen LogP contribution >= 0.6 is 0 Å². The van der Waals surface area contributed by atoms with Gasteiger partial charge in [-0.05, 0) is 50.6 Å². The average molecular weight is 276 g/mol. The van der Waals surface area contributed by atoms with E-state index in [0.29, 0.717) is 19.0 Å². The van der Waals surface area contributed by atoms with Crippen LogP contribution in [0.25, 0.3) is 0 Å². The Morgan fingerprint density at radius 1 is 1.28 bits per heavy atom. The molecule has 6 heteroatoms. The van der Waals surface area contributed by atoms with Gasteiger partial charge in [0.05, 0.1) is 5.75 Å². The molecule has 2 unspecified atom stereocenters. The number of hydrogen-bond acceptors (Lipinski definition) is 4. The van der Waals surface area contributed by atoms with E-state index >= 15 is 0 Å². The zero-order valence-electron chi connectivity index (χ0n) is 10.8. The summed E-state index contributed by atoms with van der Waals surface area (Å²) >= 11 is 0. The molecule has 2 rings (SSSR count). The van der Waals surface area contributed by atoms with E-state index in [-0.39, 0.29) is 18.3 Å². The SMILES string of the molecule is O=S(=O)(CC1CCCNC1)N1CCC(CCO)C1. The molecule has 2 atom stereocenters. The normalized spacial score (nSPS) is 30.7. The summed E-state index contributed by atoms with van der Waals surface area (Å²) in [5.41, 5.74) is 0. The van der Waals surface area contributed by atoms with Crippen LogP contribution in [0.2, 0.25) is 0 Å². The lowest BCUT2D eigenvalue weighted by Gasteiger charge is -2.25. The fourth-order valence-corrected chi connectivity index (χ4v) is 4.85. The van der Waals surface area contributed by atoms with Gasteiger partial charge in [0.2, 0.25) is 10.0 Å². The molecule has 18 heavy (non-hydrogen) atoms. The Bertz CT molecular complexity index is 352. The molecular formula is C12H24N2O3S. The largest absolute Gasteiger partial charge is 0.396 e. The van der Waals surface area contributed by atoms with Crippen LogP contribution in [0.1, 0.15) is 25.7 Å². The minimum absolute atomic E-state index is 0.158. The van der Waals surface area contributed by atoms with Gasteiger partial charge in [0.15, 0.2) is 0 Å². The van der Waals surface area contributed by atoms with E-state index in [1.807, 2.05) is 0 Å². The molecule has 0 amide bonds. The molecule has 2 fully saturated rings. The summed E-state index contributed by atoms with van der Waals surface area (Å²) < 4.78 is 26.2. The maximum Gasteiger partial charge on any atom is 0.214 e. The minimum atomic E-state index is -3.10. The van der Waals surface area contributed by atoms with E-state index in [2.05, 4.69) is 5.32 Å². The van der Waals surface area contributed by atoms with E-state index < -0.39 is 10.0 Å². The second kappa shape index (κ2) is 6.32. The quantitative estimate of drug-likeness (QED) is 0.743. The van der Waals surface area contributed by atoms with E-state index in [0.717, 1.165) is 38.8 Å². The fraction of sp³-hybridized carbons (Fsp3) is 1.00. The van der Waals surface area contributed by atoms with Crippen LogP contribution in [0.4, 0.5) is 0 Å². The molecule has 0 aromatic carbocycles. The van der Waals surface area contributed by atoms with Crippen LogP contribution in [-0.2, 0) is 10.0 Å². The highest BCUT2D eigenvalue weighted by atomic mass is 32.2. The second-order valence-electron chi connectivity index (χ2n) is 5.52. The van der Waals surface area contributed by atoms with Gasteiger partial charge < -0.3 is 10.4 Å². The number of nitrogens with one attached hydrogen (secondary N) is 1. The number of aliphatic hydroxyl groups is 1. The number of hydrogen-bond donors (Lipinski definition) is 2. The van der Waals surface area contributed by atoms with E-state index in [9.17, 15) is 8.42 Å². The van der Waals surface area contributed by atoms with Crippen LogP contribution in [-0.4, -0.2) is 56.4 Å².